The van der Waals surface area contributed by atoms with Gasteiger partial charge in [-0.1, -0.05) is 12.8 Å². The normalized spacial score (nSPS) is 27.1. The molecule has 2 rings (SSSR count). The molecule has 0 aromatic heterocycles. The van der Waals surface area contributed by atoms with Crippen molar-refractivity contribution in [3.8, 4) is 0 Å². The second-order valence-corrected chi connectivity index (χ2v) is 5.06. The van der Waals surface area contributed by atoms with Crippen molar-refractivity contribution in [1.29, 1.82) is 0 Å². The lowest BCUT2D eigenvalue weighted by atomic mass is 10.0. The number of carbonyl (C=O) groups is 1. The number of nitrogens with one attached hydrogen (secondary N) is 1. The summed E-state index contributed by atoms with van der Waals surface area (Å²) in [6.07, 6.45) is 6.38. The molecule has 1 aliphatic heterocycles. The number of hydrogen-bond acceptors (Lipinski definition) is 2. The first-order valence-corrected chi connectivity index (χ1v) is 6.23. The zero-order valence-corrected chi connectivity index (χ0v) is 9.67. The summed E-state index contributed by atoms with van der Waals surface area (Å²) < 4.78 is 0. The third kappa shape index (κ3) is 2.71. The van der Waals surface area contributed by atoms with Crippen LogP contribution in [0.3, 0.4) is 0 Å². The maximum absolute atomic E-state index is 12.0. The lowest BCUT2D eigenvalue weighted by Gasteiger charge is -2.23. The van der Waals surface area contributed by atoms with E-state index < -0.39 is 0 Å². The predicted molar refractivity (Wildman–Crippen MR) is 60.6 cm³/mol. The van der Waals surface area contributed by atoms with E-state index in [1.165, 1.54) is 25.7 Å². The van der Waals surface area contributed by atoms with Crippen molar-refractivity contribution in [3.05, 3.63) is 0 Å². The fourth-order valence-corrected chi connectivity index (χ4v) is 2.85. The van der Waals surface area contributed by atoms with Crippen molar-refractivity contribution in [1.82, 2.24) is 10.2 Å². The second kappa shape index (κ2) is 4.97. The summed E-state index contributed by atoms with van der Waals surface area (Å²) in [5.74, 6) is 1.37. The summed E-state index contributed by atoms with van der Waals surface area (Å²) in [5, 5.41) is 3.25. The first-order chi connectivity index (χ1) is 7.27. The van der Waals surface area contributed by atoms with Crippen molar-refractivity contribution in [2.75, 3.05) is 26.7 Å². The maximum Gasteiger partial charge on any atom is 0.226 e. The van der Waals surface area contributed by atoms with Gasteiger partial charge in [0.05, 0.1) is 5.92 Å². The highest BCUT2D eigenvalue weighted by atomic mass is 16.2. The number of rotatable bonds is 3. The van der Waals surface area contributed by atoms with E-state index >= 15 is 0 Å². The molecule has 0 radical (unpaired) electrons. The van der Waals surface area contributed by atoms with Crippen LogP contribution in [0.25, 0.3) is 0 Å². The van der Waals surface area contributed by atoms with E-state index in [0.29, 0.717) is 5.91 Å². The minimum absolute atomic E-state index is 0.247. The Bertz CT molecular complexity index is 218. The topological polar surface area (TPSA) is 32.3 Å². The second-order valence-electron chi connectivity index (χ2n) is 5.06. The Balaban J connectivity index is 1.78. The van der Waals surface area contributed by atoms with Gasteiger partial charge < -0.3 is 10.2 Å². The maximum atomic E-state index is 12.0. The first kappa shape index (κ1) is 10.9. The van der Waals surface area contributed by atoms with Gasteiger partial charge >= 0.3 is 0 Å². The van der Waals surface area contributed by atoms with E-state index in [4.69, 9.17) is 0 Å². The van der Waals surface area contributed by atoms with Crippen LogP contribution >= 0.6 is 0 Å². The Labute approximate surface area is 92.2 Å². The molecule has 1 atom stereocenters. The molecule has 0 bridgehead atoms. The molecule has 3 nitrogen and oxygen atoms in total. The lowest BCUT2D eigenvalue weighted by molar-refractivity contribution is -0.134. The number of nitrogens with zero attached hydrogens (tertiary/aromatic N) is 1. The van der Waals surface area contributed by atoms with Gasteiger partial charge in [-0.2, -0.15) is 0 Å². The van der Waals surface area contributed by atoms with Crippen LogP contribution in [0.5, 0.6) is 0 Å². The van der Waals surface area contributed by atoms with Crippen LogP contribution in [0, 0.1) is 11.8 Å². The molecular formula is C12H22N2O. The quantitative estimate of drug-likeness (QED) is 0.760. The summed E-state index contributed by atoms with van der Waals surface area (Å²) in [6, 6.07) is 0. The minimum Gasteiger partial charge on any atom is -0.345 e. The number of amides is 1. The Morgan fingerprint density at radius 2 is 2.07 bits per heavy atom. The van der Waals surface area contributed by atoms with Crippen LogP contribution in [0.1, 0.15) is 32.1 Å². The zero-order chi connectivity index (χ0) is 10.7. The van der Waals surface area contributed by atoms with Crippen LogP contribution in [0.4, 0.5) is 0 Å². The Kier molecular flexibility index (Phi) is 3.62. The van der Waals surface area contributed by atoms with E-state index in [9.17, 15) is 4.79 Å². The summed E-state index contributed by atoms with van der Waals surface area (Å²) in [7, 11) is 1.97. The molecule has 1 saturated carbocycles. The molecule has 1 amide bonds. The molecule has 1 saturated heterocycles. The van der Waals surface area contributed by atoms with E-state index in [0.717, 1.165) is 32.0 Å². The molecule has 0 aromatic rings. The number of carbonyl (C=O) groups excluding carboxylic acids is 1. The molecule has 2 fully saturated rings. The van der Waals surface area contributed by atoms with Crippen LogP contribution in [-0.2, 0) is 4.79 Å². The van der Waals surface area contributed by atoms with Crippen molar-refractivity contribution in [2.45, 2.75) is 32.1 Å². The summed E-state index contributed by atoms with van der Waals surface area (Å²) >= 11 is 0. The molecule has 2 aliphatic rings. The van der Waals surface area contributed by atoms with Gasteiger partial charge in [0.15, 0.2) is 0 Å². The molecule has 1 aliphatic carbocycles. The van der Waals surface area contributed by atoms with Gasteiger partial charge in [-0.25, -0.2) is 0 Å². The highest BCUT2D eigenvalue weighted by Gasteiger charge is 2.27. The van der Waals surface area contributed by atoms with Gasteiger partial charge in [-0.05, 0) is 31.7 Å². The SMILES string of the molecule is CN(CC1CCCC1)C(=O)[C@@H]1CCNC1. The van der Waals surface area contributed by atoms with Crippen molar-refractivity contribution < 1.29 is 4.79 Å². The fourth-order valence-electron chi connectivity index (χ4n) is 2.85. The molecule has 15 heavy (non-hydrogen) atoms. The molecule has 0 aromatic carbocycles. The molecule has 0 spiro atoms. The monoisotopic (exact) mass is 210 g/mol. The van der Waals surface area contributed by atoms with Gasteiger partial charge in [0.1, 0.15) is 0 Å². The van der Waals surface area contributed by atoms with Crippen LogP contribution in [0.15, 0.2) is 0 Å². The Hall–Kier alpha value is -0.570. The van der Waals surface area contributed by atoms with Crippen LogP contribution < -0.4 is 5.32 Å². The average molecular weight is 210 g/mol. The fraction of sp³-hybridized carbons (Fsp3) is 0.917. The summed E-state index contributed by atoms with van der Waals surface area (Å²) in [5.41, 5.74) is 0. The smallest absolute Gasteiger partial charge is 0.226 e. The van der Waals surface area contributed by atoms with Crippen LogP contribution in [0.2, 0.25) is 0 Å². The van der Waals surface area contributed by atoms with E-state index in [2.05, 4.69) is 5.32 Å². The van der Waals surface area contributed by atoms with E-state index in [1.807, 2.05) is 11.9 Å². The number of hydrogen-bond donors (Lipinski definition) is 1. The standard InChI is InChI=1S/C12H22N2O/c1-14(9-10-4-2-3-5-10)12(15)11-6-7-13-8-11/h10-11,13H,2-9H2,1H3/t11-/m1/s1. The van der Waals surface area contributed by atoms with Crippen LogP contribution in [-0.4, -0.2) is 37.5 Å². The average Bonchev–Trinajstić information content (AvgIpc) is 2.88. The van der Waals surface area contributed by atoms with E-state index in [-0.39, 0.29) is 5.92 Å². The molecule has 86 valence electrons. The van der Waals surface area contributed by atoms with Gasteiger partial charge in [0, 0.05) is 20.1 Å². The van der Waals surface area contributed by atoms with E-state index in [1.54, 1.807) is 0 Å². The third-order valence-corrected chi connectivity index (χ3v) is 3.79. The molecular weight excluding hydrogens is 188 g/mol. The Morgan fingerprint density at radius 1 is 1.33 bits per heavy atom. The molecule has 1 N–H and O–H groups in total. The summed E-state index contributed by atoms with van der Waals surface area (Å²) in [4.78, 5) is 14.0. The van der Waals surface area contributed by atoms with Gasteiger partial charge in [-0.15, -0.1) is 0 Å². The lowest BCUT2D eigenvalue weighted by Crippen LogP contribution is -2.36. The molecule has 3 heteroatoms. The highest BCUT2D eigenvalue weighted by molar-refractivity contribution is 5.79. The largest absolute Gasteiger partial charge is 0.345 e. The third-order valence-electron chi connectivity index (χ3n) is 3.79. The molecule has 0 unspecified atom stereocenters. The highest BCUT2D eigenvalue weighted by Crippen LogP contribution is 2.25. The Morgan fingerprint density at radius 3 is 2.67 bits per heavy atom. The summed E-state index contributed by atoms with van der Waals surface area (Å²) in [6.45, 7) is 2.87. The minimum atomic E-state index is 0.247. The predicted octanol–water partition coefficient (Wildman–Crippen LogP) is 1.24. The van der Waals surface area contributed by atoms with Gasteiger partial charge in [0.2, 0.25) is 5.91 Å². The van der Waals surface area contributed by atoms with Crippen molar-refractivity contribution in [2.24, 2.45) is 11.8 Å². The van der Waals surface area contributed by atoms with Crippen molar-refractivity contribution >= 4 is 5.91 Å². The van der Waals surface area contributed by atoms with Gasteiger partial charge in [0.25, 0.3) is 0 Å². The molecule has 1 heterocycles. The zero-order valence-electron chi connectivity index (χ0n) is 9.67. The van der Waals surface area contributed by atoms with Crippen molar-refractivity contribution in [3.63, 3.8) is 0 Å². The van der Waals surface area contributed by atoms with Gasteiger partial charge in [-0.3, -0.25) is 4.79 Å². The first-order valence-electron chi connectivity index (χ1n) is 6.23.